The van der Waals surface area contributed by atoms with Gasteiger partial charge >= 0.3 is 5.97 Å². The van der Waals surface area contributed by atoms with E-state index in [4.69, 9.17) is 5.73 Å². The Morgan fingerprint density at radius 2 is 2.00 bits per heavy atom. The molecular formula is C17H18N4O3. The average molecular weight is 326 g/mol. The zero-order valence-corrected chi connectivity index (χ0v) is 13.0. The van der Waals surface area contributed by atoms with Crippen molar-refractivity contribution in [2.45, 2.75) is 19.3 Å². The molecule has 1 amide bonds. The fraction of sp³-hybridized carbons (Fsp3) is 0.294. The minimum Gasteiger partial charge on any atom is -0.481 e. The van der Waals surface area contributed by atoms with E-state index in [0.29, 0.717) is 36.5 Å². The van der Waals surface area contributed by atoms with Crippen LogP contribution in [0.2, 0.25) is 0 Å². The molecule has 0 aliphatic heterocycles. The molecule has 1 aliphatic carbocycles. The molecule has 124 valence electrons. The molecule has 1 aromatic carbocycles. The van der Waals surface area contributed by atoms with Gasteiger partial charge in [0.1, 0.15) is 5.82 Å². The van der Waals surface area contributed by atoms with Crippen molar-refractivity contribution in [3.63, 3.8) is 0 Å². The van der Waals surface area contributed by atoms with Gasteiger partial charge in [0.25, 0.3) is 0 Å². The highest BCUT2D eigenvalue weighted by molar-refractivity contribution is 5.94. The molecule has 1 aliphatic rings. The number of aliphatic carboxylic acids is 1. The first-order valence-electron chi connectivity index (χ1n) is 7.71. The van der Waals surface area contributed by atoms with Gasteiger partial charge in [-0.15, -0.1) is 10.2 Å². The maximum Gasteiger partial charge on any atom is 0.311 e. The van der Waals surface area contributed by atoms with Crippen molar-refractivity contribution in [3.05, 3.63) is 42.0 Å². The van der Waals surface area contributed by atoms with Crippen LogP contribution in [0.3, 0.4) is 0 Å². The summed E-state index contributed by atoms with van der Waals surface area (Å²) in [6, 6.07) is 10.4. The minimum atomic E-state index is -0.769. The maximum absolute atomic E-state index is 11.3. The van der Waals surface area contributed by atoms with E-state index < -0.39 is 17.3 Å². The average Bonchev–Trinajstić information content (AvgIpc) is 2.54. The molecule has 0 saturated heterocycles. The lowest BCUT2D eigenvalue weighted by Gasteiger charge is -2.37. The smallest absolute Gasteiger partial charge is 0.311 e. The number of carbonyl (C=O) groups excluding carboxylic acids is 1. The van der Waals surface area contributed by atoms with Crippen LogP contribution in [0.1, 0.15) is 29.6 Å². The first-order chi connectivity index (χ1) is 11.5. The minimum absolute atomic E-state index is 0.341. The second-order valence-corrected chi connectivity index (χ2v) is 6.04. The fourth-order valence-electron chi connectivity index (χ4n) is 2.74. The molecule has 0 unspecified atom stereocenters. The van der Waals surface area contributed by atoms with Crippen LogP contribution in [0.5, 0.6) is 0 Å². The van der Waals surface area contributed by atoms with Gasteiger partial charge < -0.3 is 16.2 Å². The Bertz CT molecular complexity index is 770. The summed E-state index contributed by atoms with van der Waals surface area (Å²) in [6.07, 6.45) is 2.30. The van der Waals surface area contributed by atoms with Crippen LogP contribution in [0.15, 0.2) is 36.4 Å². The van der Waals surface area contributed by atoms with Gasteiger partial charge in [0.2, 0.25) is 5.91 Å². The Morgan fingerprint density at radius 1 is 1.21 bits per heavy atom. The summed E-state index contributed by atoms with van der Waals surface area (Å²) in [6.45, 7) is 0.341. The van der Waals surface area contributed by atoms with Crippen molar-refractivity contribution in [1.82, 2.24) is 10.2 Å². The number of carbonyl (C=O) groups is 2. The van der Waals surface area contributed by atoms with Gasteiger partial charge in [0.15, 0.2) is 0 Å². The second-order valence-electron chi connectivity index (χ2n) is 6.04. The molecule has 4 N–H and O–H groups in total. The molecule has 1 fully saturated rings. The van der Waals surface area contributed by atoms with Crippen molar-refractivity contribution < 1.29 is 14.7 Å². The van der Waals surface area contributed by atoms with E-state index in [1.54, 1.807) is 30.3 Å². The number of aromatic nitrogens is 2. The van der Waals surface area contributed by atoms with E-state index >= 15 is 0 Å². The normalized spacial score (nSPS) is 15.3. The van der Waals surface area contributed by atoms with E-state index in [2.05, 4.69) is 15.5 Å². The lowest BCUT2D eigenvalue weighted by atomic mass is 9.69. The number of benzene rings is 1. The molecule has 1 saturated carbocycles. The Balaban J connectivity index is 1.70. The Hall–Kier alpha value is -2.96. The van der Waals surface area contributed by atoms with Crippen LogP contribution in [0.25, 0.3) is 11.3 Å². The number of carboxylic acids is 1. The van der Waals surface area contributed by atoms with E-state index in [1.807, 2.05) is 6.07 Å². The lowest BCUT2D eigenvalue weighted by molar-refractivity contribution is -0.153. The van der Waals surface area contributed by atoms with Crippen LogP contribution < -0.4 is 11.1 Å². The van der Waals surface area contributed by atoms with Crippen LogP contribution in [-0.4, -0.2) is 33.7 Å². The molecule has 7 heteroatoms. The Kier molecular flexibility index (Phi) is 4.16. The molecule has 0 spiro atoms. The first-order valence-corrected chi connectivity index (χ1v) is 7.71. The van der Waals surface area contributed by atoms with E-state index in [0.717, 1.165) is 12.0 Å². The zero-order valence-electron chi connectivity index (χ0n) is 13.0. The third-order valence-electron chi connectivity index (χ3n) is 4.48. The van der Waals surface area contributed by atoms with Gasteiger partial charge in [0.05, 0.1) is 11.1 Å². The van der Waals surface area contributed by atoms with E-state index in [-0.39, 0.29) is 0 Å². The predicted octanol–water partition coefficient (Wildman–Crippen LogP) is 1.91. The highest BCUT2D eigenvalue weighted by Crippen LogP contribution is 2.41. The van der Waals surface area contributed by atoms with Gasteiger partial charge in [-0.1, -0.05) is 18.6 Å². The summed E-state index contributed by atoms with van der Waals surface area (Å²) in [5.41, 5.74) is 6.35. The summed E-state index contributed by atoms with van der Waals surface area (Å²) in [7, 11) is 0. The molecule has 0 atom stereocenters. The van der Waals surface area contributed by atoms with Gasteiger partial charge in [-0.2, -0.15) is 0 Å². The Morgan fingerprint density at radius 3 is 2.54 bits per heavy atom. The van der Waals surface area contributed by atoms with Crippen molar-refractivity contribution in [1.29, 1.82) is 0 Å². The molecule has 7 nitrogen and oxygen atoms in total. The zero-order chi connectivity index (χ0) is 17.2. The van der Waals surface area contributed by atoms with Crippen molar-refractivity contribution in [3.8, 4) is 11.3 Å². The first kappa shape index (κ1) is 15.9. The summed E-state index contributed by atoms with van der Waals surface area (Å²) in [4.78, 5) is 22.6. The number of nitrogens with zero attached hydrogens (tertiary/aromatic N) is 2. The van der Waals surface area contributed by atoms with Crippen molar-refractivity contribution in [2.24, 2.45) is 11.1 Å². The highest BCUT2D eigenvalue weighted by atomic mass is 16.4. The number of primary amides is 1. The second kappa shape index (κ2) is 6.27. The van der Waals surface area contributed by atoms with Gasteiger partial charge in [0, 0.05) is 17.7 Å². The van der Waals surface area contributed by atoms with E-state index in [1.165, 1.54) is 0 Å². The fourth-order valence-corrected chi connectivity index (χ4v) is 2.74. The number of anilines is 1. The van der Waals surface area contributed by atoms with Crippen molar-refractivity contribution >= 4 is 17.7 Å². The quantitative estimate of drug-likeness (QED) is 0.746. The standard InChI is InChI=1S/C17H18N4O3/c18-15(22)12-4-1-3-11(9-12)13-5-6-14(21-20-13)19-10-17(16(23)24)7-2-8-17/h1,3-6,9H,2,7-8,10H2,(H2,18,22)(H,19,21)(H,23,24). The third-order valence-corrected chi connectivity index (χ3v) is 4.48. The topological polar surface area (TPSA) is 118 Å². The van der Waals surface area contributed by atoms with Crippen LogP contribution in [0.4, 0.5) is 5.82 Å². The maximum atomic E-state index is 11.3. The summed E-state index contributed by atoms with van der Waals surface area (Å²) < 4.78 is 0. The molecule has 3 rings (SSSR count). The molecule has 2 aromatic rings. The molecule has 1 aromatic heterocycles. The monoisotopic (exact) mass is 326 g/mol. The number of rotatable bonds is 6. The summed E-state index contributed by atoms with van der Waals surface area (Å²) in [5, 5.41) is 20.6. The number of nitrogens with one attached hydrogen (secondary N) is 1. The summed E-state index contributed by atoms with van der Waals surface area (Å²) in [5.74, 6) is -0.742. The number of hydrogen-bond acceptors (Lipinski definition) is 5. The predicted molar refractivity (Wildman–Crippen MR) is 88.4 cm³/mol. The SMILES string of the molecule is NC(=O)c1cccc(-c2ccc(NCC3(C(=O)O)CCC3)nn2)c1. The number of carboxylic acid groups (broad SMARTS) is 1. The molecule has 0 bridgehead atoms. The summed E-state index contributed by atoms with van der Waals surface area (Å²) >= 11 is 0. The number of hydrogen-bond donors (Lipinski definition) is 3. The molecule has 1 heterocycles. The molecule has 24 heavy (non-hydrogen) atoms. The highest BCUT2D eigenvalue weighted by Gasteiger charge is 2.44. The Labute approximate surface area is 138 Å². The molecular weight excluding hydrogens is 308 g/mol. The lowest BCUT2D eigenvalue weighted by Crippen LogP contribution is -2.43. The van der Waals surface area contributed by atoms with Gasteiger partial charge in [-0.3, -0.25) is 9.59 Å². The van der Waals surface area contributed by atoms with Gasteiger partial charge in [-0.25, -0.2) is 0 Å². The van der Waals surface area contributed by atoms with E-state index in [9.17, 15) is 14.7 Å². The number of amides is 1. The van der Waals surface area contributed by atoms with Crippen LogP contribution in [-0.2, 0) is 4.79 Å². The van der Waals surface area contributed by atoms with Gasteiger partial charge in [-0.05, 0) is 37.1 Å². The largest absolute Gasteiger partial charge is 0.481 e. The third kappa shape index (κ3) is 3.05. The van der Waals surface area contributed by atoms with Crippen LogP contribution >= 0.6 is 0 Å². The number of nitrogens with two attached hydrogens (primary N) is 1. The van der Waals surface area contributed by atoms with Crippen LogP contribution in [0, 0.1) is 5.41 Å². The van der Waals surface area contributed by atoms with Crippen molar-refractivity contribution in [2.75, 3.05) is 11.9 Å². The molecule has 0 radical (unpaired) electrons.